The van der Waals surface area contributed by atoms with Gasteiger partial charge in [-0.15, -0.1) is 0 Å². The zero-order chi connectivity index (χ0) is 12.7. The second kappa shape index (κ2) is 8.00. The van der Waals surface area contributed by atoms with E-state index in [1.807, 2.05) is 11.8 Å². The number of hydrogen-bond acceptors (Lipinski definition) is 6. The third-order valence-corrected chi connectivity index (χ3v) is 4.48. The number of nitrogens with two attached hydrogens (primary N) is 1. The quantitative estimate of drug-likeness (QED) is 0.787. The minimum Gasteiger partial charge on any atom is -0.338 e. The molecule has 1 heterocycles. The van der Waals surface area contributed by atoms with Gasteiger partial charge in [0, 0.05) is 5.25 Å². The molecule has 0 aromatic carbocycles. The molecule has 17 heavy (non-hydrogen) atoms. The molecule has 0 saturated heterocycles. The van der Waals surface area contributed by atoms with Crippen LogP contribution in [0.3, 0.4) is 0 Å². The summed E-state index contributed by atoms with van der Waals surface area (Å²) >= 11 is 3.62. The van der Waals surface area contributed by atoms with Gasteiger partial charge in [0.2, 0.25) is 5.89 Å². The van der Waals surface area contributed by atoms with E-state index in [1.165, 1.54) is 0 Å². The Labute approximate surface area is 111 Å². The molecule has 0 aliphatic rings. The van der Waals surface area contributed by atoms with Crippen LogP contribution in [-0.2, 0) is 5.75 Å². The zero-order valence-corrected chi connectivity index (χ0v) is 12.3. The van der Waals surface area contributed by atoms with Crippen LogP contribution < -0.4 is 5.73 Å². The Bertz CT molecular complexity index is 319. The summed E-state index contributed by atoms with van der Waals surface area (Å²) in [6, 6.07) is -0.128. The molecule has 1 rings (SSSR count). The Morgan fingerprint density at radius 3 is 2.88 bits per heavy atom. The van der Waals surface area contributed by atoms with Crippen LogP contribution in [0, 0.1) is 0 Å². The molecule has 0 spiro atoms. The third kappa shape index (κ3) is 5.31. The Kier molecular flexibility index (Phi) is 6.99. The Hall–Kier alpha value is -0.200. The highest BCUT2D eigenvalue weighted by Crippen LogP contribution is 2.20. The lowest BCUT2D eigenvalue weighted by Gasteiger charge is -2.05. The highest BCUT2D eigenvalue weighted by atomic mass is 32.2. The van der Waals surface area contributed by atoms with Crippen molar-refractivity contribution in [1.29, 1.82) is 0 Å². The van der Waals surface area contributed by atoms with Gasteiger partial charge in [-0.25, -0.2) is 0 Å². The lowest BCUT2D eigenvalue weighted by molar-refractivity contribution is 0.350. The number of hydrogen-bond donors (Lipinski definition) is 1. The van der Waals surface area contributed by atoms with Gasteiger partial charge in [-0.2, -0.15) is 28.5 Å². The summed E-state index contributed by atoms with van der Waals surface area (Å²) in [6.45, 7) is 4.38. The van der Waals surface area contributed by atoms with E-state index in [0.717, 1.165) is 30.2 Å². The van der Waals surface area contributed by atoms with Crippen LogP contribution in [0.1, 0.15) is 44.4 Å². The lowest BCUT2D eigenvalue weighted by atomic mass is 10.2. The van der Waals surface area contributed by atoms with Crippen molar-refractivity contribution >= 4 is 23.5 Å². The predicted octanol–water partition coefficient (Wildman–Crippen LogP) is 2.85. The van der Waals surface area contributed by atoms with E-state index < -0.39 is 0 Å². The lowest BCUT2D eigenvalue weighted by Crippen LogP contribution is -2.11. The van der Waals surface area contributed by atoms with Crippen LogP contribution >= 0.6 is 23.5 Å². The molecule has 0 saturated carbocycles. The van der Waals surface area contributed by atoms with Crippen molar-refractivity contribution in [1.82, 2.24) is 10.1 Å². The molecule has 0 bridgehead atoms. The maximum absolute atomic E-state index is 5.96. The first kappa shape index (κ1) is 14.9. The fourth-order valence-corrected chi connectivity index (χ4v) is 2.46. The minimum absolute atomic E-state index is 0.128. The molecule has 98 valence electrons. The van der Waals surface area contributed by atoms with Gasteiger partial charge >= 0.3 is 0 Å². The normalized spacial score (nSPS) is 14.8. The molecular weight excluding hydrogens is 254 g/mol. The molecule has 0 fully saturated rings. The summed E-state index contributed by atoms with van der Waals surface area (Å²) in [7, 11) is 0. The highest BCUT2D eigenvalue weighted by molar-refractivity contribution is 7.99. The average molecular weight is 275 g/mol. The van der Waals surface area contributed by atoms with Crippen LogP contribution in [0.2, 0.25) is 0 Å². The van der Waals surface area contributed by atoms with Crippen molar-refractivity contribution in [2.45, 2.75) is 43.7 Å². The van der Waals surface area contributed by atoms with Crippen molar-refractivity contribution in [2.75, 3.05) is 12.0 Å². The maximum atomic E-state index is 5.96. The van der Waals surface area contributed by atoms with Gasteiger partial charge in [0.15, 0.2) is 5.82 Å². The van der Waals surface area contributed by atoms with E-state index >= 15 is 0 Å². The second-order valence-electron chi connectivity index (χ2n) is 3.97. The Morgan fingerprint density at radius 2 is 2.24 bits per heavy atom. The first-order valence-electron chi connectivity index (χ1n) is 5.86. The third-order valence-electron chi connectivity index (χ3n) is 2.51. The van der Waals surface area contributed by atoms with E-state index in [0.29, 0.717) is 11.1 Å². The molecule has 2 N–H and O–H groups in total. The first-order chi connectivity index (χ1) is 8.17. The summed E-state index contributed by atoms with van der Waals surface area (Å²) in [4.78, 5) is 4.34. The van der Waals surface area contributed by atoms with Gasteiger partial charge in [0.05, 0.1) is 11.8 Å². The molecule has 6 heteroatoms. The molecule has 0 amide bonds. The summed E-state index contributed by atoms with van der Waals surface area (Å²) in [5.74, 6) is 3.14. The van der Waals surface area contributed by atoms with Crippen LogP contribution in [-0.4, -0.2) is 27.4 Å². The van der Waals surface area contributed by atoms with Gasteiger partial charge in [-0.3, -0.25) is 0 Å². The predicted molar refractivity (Wildman–Crippen MR) is 75.3 cm³/mol. The Morgan fingerprint density at radius 1 is 1.47 bits per heavy atom. The highest BCUT2D eigenvalue weighted by Gasteiger charge is 2.14. The number of aromatic nitrogens is 2. The maximum Gasteiger partial charge on any atom is 0.243 e. The number of nitrogens with zero attached hydrogens (tertiary/aromatic N) is 2. The van der Waals surface area contributed by atoms with Gasteiger partial charge in [0.25, 0.3) is 0 Å². The molecule has 4 nitrogen and oxygen atoms in total. The van der Waals surface area contributed by atoms with E-state index in [4.69, 9.17) is 10.3 Å². The van der Waals surface area contributed by atoms with Crippen LogP contribution in [0.25, 0.3) is 0 Å². The van der Waals surface area contributed by atoms with Crippen LogP contribution in [0.15, 0.2) is 4.52 Å². The van der Waals surface area contributed by atoms with Gasteiger partial charge in [0.1, 0.15) is 0 Å². The minimum atomic E-state index is -0.128. The standard InChI is InChI=1S/C11H21N3OS2/c1-4-8(2)17-7-10-13-11(15-14-10)9(12)5-6-16-3/h8-9H,4-7,12H2,1-3H3. The van der Waals surface area contributed by atoms with Crippen molar-refractivity contribution < 1.29 is 4.52 Å². The largest absolute Gasteiger partial charge is 0.338 e. The van der Waals surface area contributed by atoms with E-state index in [2.05, 4.69) is 30.2 Å². The smallest absolute Gasteiger partial charge is 0.243 e. The van der Waals surface area contributed by atoms with Crippen LogP contribution in [0.4, 0.5) is 0 Å². The van der Waals surface area contributed by atoms with E-state index in [1.54, 1.807) is 11.8 Å². The summed E-state index contributed by atoms with van der Waals surface area (Å²) in [5, 5.41) is 4.58. The fraction of sp³-hybridized carbons (Fsp3) is 0.818. The molecular formula is C11H21N3OS2. The van der Waals surface area contributed by atoms with Crippen molar-refractivity contribution in [3.8, 4) is 0 Å². The molecule has 1 aromatic rings. The second-order valence-corrected chi connectivity index (χ2v) is 6.38. The molecule has 1 aromatic heterocycles. The number of thioether (sulfide) groups is 2. The molecule has 2 unspecified atom stereocenters. The molecule has 0 aliphatic heterocycles. The van der Waals surface area contributed by atoms with E-state index in [-0.39, 0.29) is 6.04 Å². The van der Waals surface area contributed by atoms with Gasteiger partial charge in [-0.1, -0.05) is 19.0 Å². The summed E-state index contributed by atoms with van der Waals surface area (Å²) < 4.78 is 5.18. The van der Waals surface area contributed by atoms with Crippen molar-refractivity contribution in [3.05, 3.63) is 11.7 Å². The zero-order valence-electron chi connectivity index (χ0n) is 10.7. The summed E-state index contributed by atoms with van der Waals surface area (Å²) in [6.07, 6.45) is 4.10. The van der Waals surface area contributed by atoms with Crippen molar-refractivity contribution in [3.63, 3.8) is 0 Å². The average Bonchev–Trinajstić information content (AvgIpc) is 2.81. The first-order valence-corrected chi connectivity index (χ1v) is 8.30. The van der Waals surface area contributed by atoms with Crippen LogP contribution in [0.5, 0.6) is 0 Å². The Balaban J connectivity index is 2.41. The molecule has 0 radical (unpaired) electrons. The topological polar surface area (TPSA) is 64.9 Å². The summed E-state index contributed by atoms with van der Waals surface area (Å²) in [5.41, 5.74) is 5.96. The monoisotopic (exact) mass is 275 g/mol. The SMILES string of the molecule is CCC(C)SCc1noc(C(N)CCSC)n1. The van der Waals surface area contributed by atoms with Gasteiger partial charge < -0.3 is 10.3 Å². The molecule has 2 atom stereocenters. The fourth-order valence-electron chi connectivity index (χ4n) is 1.18. The van der Waals surface area contributed by atoms with E-state index in [9.17, 15) is 0 Å². The molecule has 0 aliphatic carbocycles. The van der Waals surface area contributed by atoms with Gasteiger partial charge in [-0.05, 0) is 24.9 Å². The number of rotatable bonds is 8. The van der Waals surface area contributed by atoms with Crippen molar-refractivity contribution in [2.24, 2.45) is 5.73 Å².